The first-order valence-corrected chi connectivity index (χ1v) is 3.85. The van der Waals surface area contributed by atoms with Crippen LogP contribution in [-0.2, 0) is 0 Å². The third-order valence-corrected chi connectivity index (χ3v) is 1.45. The van der Waals surface area contributed by atoms with Crippen molar-refractivity contribution in [1.29, 1.82) is 0 Å². The molecular formula is C8H10N2O3. The van der Waals surface area contributed by atoms with Gasteiger partial charge in [0, 0.05) is 18.8 Å². The fourth-order valence-corrected chi connectivity index (χ4v) is 0.873. The lowest BCUT2D eigenvalue weighted by atomic mass is 10.4. The molecule has 1 rings (SSSR count). The Morgan fingerprint density at radius 2 is 2.38 bits per heavy atom. The number of hydrogen-bond donors (Lipinski definition) is 2. The van der Waals surface area contributed by atoms with Gasteiger partial charge in [0.2, 0.25) is 0 Å². The van der Waals surface area contributed by atoms with E-state index in [1.807, 2.05) is 0 Å². The molecule has 0 spiro atoms. The van der Waals surface area contributed by atoms with E-state index in [1.54, 1.807) is 6.92 Å². The van der Waals surface area contributed by atoms with Gasteiger partial charge >= 0.3 is 6.03 Å². The fourth-order valence-electron chi connectivity index (χ4n) is 0.873. The van der Waals surface area contributed by atoms with E-state index in [9.17, 15) is 9.59 Å². The summed E-state index contributed by atoms with van der Waals surface area (Å²) < 4.78 is 0.892. The molecule has 1 aromatic rings. The SMILES string of the molecule is CCNC(=O)n1ccc(O)cc1=O. The first-order chi connectivity index (χ1) is 6.15. The Hall–Kier alpha value is -1.78. The highest BCUT2D eigenvalue weighted by atomic mass is 16.3. The van der Waals surface area contributed by atoms with Crippen LogP contribution in [0.3, 0.4) is 0 Å². The highest BCUT2D eigenvalue weighted by Gasteiger charge is 2.04. The molecule has 0 fully saturated rings. The van der Waals surface area contributed by atoms with Gasteiger partial charge in [0.1, 0.15) is 5.75 Å². The number of rotatable bonds is 1. The summed E-state index contributed by atoms with van der Waals surface area (Å²) in [5, 5.41) is 11.4. The van der Waals surface area contributed by atoms with Gasteiger partial charge in [-0.25, -0.2) is 9.36 Å². The molecule has 0 radical (unpaired) electrons. The maximum Gasteiger partial charge on any atom is 0.328 e. The number of carbonyl (C=O) groups excluding carboxylic acids is 1. The van der Waals surface area contributed by atoms with Crippen molar-refractivity contribution >= 4 is 6.03 Å². The van der Waals surface area contributed by atoms with E-state index in [4.69, 9.17) is 5.11 Å². The molecule has 70 valence electrons. The standard InChI is InChI=1S/C8H10N2O3/c1-2-9-8(13)10-4-3-6(11)5-7(10)12/h3-5,11H,2H2,1H3,(H,9,13). The van der Waals surface area contributed by atoms with Gasteiger partial charge < -0.3 is 10.4 Å². The molecule has 0 saturated carbocycles. The van der Waals surface area contributed by atoms with Crippen molar-refractivity contribution in [2.45, 2.75) is 6.92 Å². The summed E-state index contributed by atoms with van der Waals surface area (Å²) >= 11 is 0. The van der Waals surface area contributed by atoms with E-state index in [0.29, 0.717) is 6.54 Å². The van der Waals surface area contributed by atoms with Crippen LogP contribution in [0.5, 0.6) is 5.75 Å². The van der Waals surface area contributed by atoms with Crippen molar-refractivity contribution in [3.63, 3.8) is 0 Å². The van der Waals surface area contributed by atoms with Crippen LogP contribution >= 0.6 is 0 Å². The predicted molar refractivity (Wildman–Crippen MR) is 46.8 cm³/mol. The third kappa shape index (κ3) is 2.08. The Kier molecular flexibility index (Phi) is 2.69. The van der Waals surface area contributed by atoms with Gasteiger partial charge in [-0.3, -0.25) is 4.79 Å². The number of aromatic nitrogens is 1. The molecule has 0 aliphatic carbocycles. The summed E-state index contributed by atoms with van der Waals surface area (Å²) in [6, 6.07) is 1.76. The molecule has 0 saturated heterocycles. The molecule has 0 bridgehead atoms. The normalized spacial score (nSPS) is 9.62. The lowest BCUT2D eigenvalue weighted by Gasteiger charge is -2.03. The lowest BCUT2D eigenvalue weighted by Crippen LogP contribution is -2.35. The Morgan fingerprint density at radius 1 is 1.69 bits per heavy atom. The average Bonchev–Trinajstić information content (AvgIpc) is 2.04. The summed E-state index contributed by atoms with van der Waals surface area (Å²) in [5.41, 5.74) is -0.550. The number of pyridine rings is 1. The van der Waals surface area contributed by atoms with E-state index in [-0.39, 0.29) is 5.75 Å². The van der Waals surface area contributed by atoms with E-state index in [2.05, 4.69) is 5.32 Å². The topological polar surface area (TPSA) is 71.3 Å². The lowest BCUT2D eigenvalue weighted by molar-refractivity contribution is 0.242. The van der Waals surface area contributed by atoms with Gasteiger partial charge in [0.05, 0.1) is 0 Å². The van der Waals surface area contributed by atoms with E-state index >= 15 is 0 Å². The number of nitrogens with zero attached hydrogens (tertiary/aromatic N) is 1. The second kappa shape index (κ2) is 3.75. The van der Waals surface area contributed by atoms with Gasteiger partial charge in [0.15, 0.2) is 0 Å². The zero-order chi connectivity index (χ0) is 9.84. The first-order valence-electron chi connectivity index (χ1n) is 3.85. The summed E-state index contributed by atoms with van der Waals surface area (Å²) in [7, 11) is 0. The molecule has 0 aromatic carbocycles. The number of nitrogens with one attached hydrogen (secondary N) is 1. The first kappa shape index (κ1) is 9.31. The summed E-state index contributed by atoms with van der Waals surface area (Å²) in [6.07, 6.45) is 1.22. The molecule has 2 N–H and O–H groups in total. The van der Waals surface area contributed by atoms with Crippen molar-refractivity contribution in [2.24, 2.45) is 0 Å². The molecule has 13 heavy (non-hydrogen) atoms. The molecule has 5 heteroatoms. The molecule has 0 unspecified atom stereocenters. The number of carbonyl (C=O) groups is 1. The second-order valence-corrected chi connectivity index (χ2v) is 2.43. The summed E-state index contributed by atoms with van der Waals surface area (Å²) in [6.45, 7) is 2.20. The Balaban J connectivity index is 3.02. The minimum Gasteiger partial charge on any atom is -0.508 e. The largest absolute Gasteiger partial charge is 0.508 e. The fraction of sp³-hybridized carbons (Fsp3) is 0.250. The van der Waals surface area contributed by atoms with Crippen LogP contribution in [0.1, 0.15) is 6.92 Å². The number of hydrogen-bond acceptors (Lipinski definition) is 3. The second-order valence-electron chi connectivity index (χ2n) is 2.43. The summed E-state index contributed by atoms with van der Waals surface area (Å²) in [4.78, 5) is 22.2. The van der Waals surface area contributed by atoms with Crippen molar-refractivity contribution in [2.75, 3.05) is 6.54 Å². The molecular weight excluding hydrogens is 172 g/mol. The van der Waals surface area contributed by atoms with Gasteiger partial charge in [-0.1, -0.05) is 0 Å². The molecule has 1 aromatic heterocycles. The van der Waals surface area contributed by atoms with Crippen molar-refractivity contribution in [3.05, 3.63) is 28.7 Å². The van der Waals surface area contributed by atoms with Crippen LogP contribution in [0.15, 0.2) is 23.1 Å². The number of aromatic hydroxyl groups is 1. The Labute approximate surface area is 74.6 Å². The third-order valence-electron chi connectivity index (χ3n) is 1.45. The molecule has 0 aliphatic heterocycles. The van der Waals surface area contributed by atoms with Gasteiger partial charge in [-0.15, -0.1) is 0 Å². The van der Waals surface area contributed by atoms with Gasteiger partial charge in [0.25, 0.3) is 5.56 Å². The highest BCUT2D eigenvalue weighted by Crippen LogP contribution is 2.00. The van der Waals surface area contributed by atoms with E-state index < -0.39 is 11.6 Å². The molecule has 1 amide bonds. The van der Waals surface area contributed by atoms with Crippen molar-refractivity contribution < 1.29 is 9.90 Å². The Bertz CT molecular complexity index is 370. The van der Waals surface area contributed by atoms with Crippen LogP contribution < -0.4 is 10.9 Å². The monoisotopic (exact) mass is 182 g/mol. The molecule has 5 nitrogen and oxygen atoms in total. The van der Waals surface area contributed by atoms with Crippen LogP contribution in [0, 0.1) is 0 Å². The van der Waals surface area contributed by atoms with E-state index in [0.717, 1.165) is 10.6 Å². The van der Waals surface area contributed by atoms with Gasteiger partial charge in [-0.05, 0) is 13.0 Å². The zero-order valence-electron chi connectivity index (χ0n) is 7.15. The predicted octanol–water partition coefficient (Wildman–Crippen LogP) is 0.132. The summed E-state index contributed by atoms with van der Waals surface area (Å²) in [5.74, 6) is -0.148. The maximum atomic E-state index is 11.1. The minimum absolute atomic E-state index is 0.148. The quantitative estimate of drug-likeness (QED) is 0.648. The van der Waals surface area contributed by atoms with Crippen LogP contribution in [0.2, 0.25) is 0 Å². The van der Waals surface area contributed by atoms with Crippen LogP contribution in [0.4, 0.5) is 4.79 Å². The van der Waals surface area contributed by atoms with Gasteiger partial charge in [-0.2, -0.15) is 0 Å². The number of amides is 1. The molecule has 1 heterocycles. The van der Waals surface area contributed by atoms with Crippen molar-refractivity contribution in [3.8, 4) is 5.75 Å². The van der Waals surface area contributed by atoms with E-state index in [1.165, 1.54) is 12.3 Å². The Morgan fingerprint density at radius 3 is 2.92 bits per heavy atom. The average molecular weight is 182 g/mol. The smallest absolute Gasteiger partial charge is 0.328 e. The molecule has 0 aliphatic rings. The highest BCUT2D eigenvalue weighted by molar-refractivity contribution is 5.76. The molecule has 0 atom stereocenters. The van der Waals surface area contributed by atoms with Crippen molar-refractivity contribution in [1.82, 2.24) is 9.88 Å². The van der Waals surface area contributed by atoms with Crippen LogP contribution in [-0.4, -0.2) is 22.2 Å². The van der Waals surface area contributed by atoms with Crippen LogP contribution in [0.25, 0.3) is 0 Å². The minimum atomic E-state index is -0.550. The zero-order valence-corrected chi connectivity index (χ0v) is 7.15. The maximum absolute atomic E-state index is 11.1.